The number of aliphatic imine (C=N–C) groups is 1. The van der Waals surface area contributed by atoms with E-state index in [9.17, 15) is 9.59 Å². The average molecular weight is 427 g/mol. The molecule has 2 aliphatic heterocycles. The molecule has 0 aromatic heterocycles. The molecule has 0 radical (unpaired) electrons. The molecule has 1 unspecified atom stereocenters. The van der Waals surface area contributed by atoms with Crippen LogP contribution in [0.5, 0.6) is 5.75 Å². The maximum absolute atomic E-state index is 13.1. The van der Waals surface area contributed by atoms with E-state index in [-0.39, 0.29) is 24.3 Å². The number of hydrogen-bond donors (Lipinski definition) is 2. The normalized spacial score (nSPS) is 19.5. The van der Waals surface area contributed by atoms with Crippen molar-refractivity contribution in [3.05, 3.63) is 29.8 Å². The van der Waals surface area contributed by atoms with Crippen molar-refractivity contribution in [2.45, 2.75) is 44.7 Å². The second-order valence-electron chi connectivity index (χ2n) is 7.79. The van der Waals surface area contributed by atoms with E-state index in [1.54, 1.807) is 12.0 Å². The Labute approximate surface area is 183 Å². The molecule has 9 heteroatoms. The minimum atomic E-state index is -0.524. The van der Waals surface area contributed by atoms with Crippen molar-refractivity contribution in [2.75, 3.05) is 33.3 Å². The molecule has 31 heavy (non-hydrogen) atoms. The lowest BCUT2D eigenvalue weighted by Gasteiger charge is -2.27. The van der Waals surface area contributed by atoms with Crippen molar-refractivity contribution in [2.24, 2.45) is 4.99 Å². The Morgan fingerprint density at radius 2 is 1.90 bits per heavy atom. The second-order valence-corrected chi connectivity index (χ2v) is 7.79. The Bertz CT molecular complexity index is 827. The number of carbonyl (C=O) groups excluding carboxylic acids is 2. The van der Waals surface area contributed by atoms with Gasteiger partial charge in [-0.3, -0.25) is 14.9 Å². The van der Waals surface area contributed by atoms with Gasteiger partial charge in [-0.1, -0.05) is 12.1 Å². The molecule has 1 atom stereocenters. The van der Waals surface area contributed by atoms with Crippen LogP contribution in [0.1, 0.15) is 37.7 Å². The van der Waals surface area contributed by atoms with E-state index in [2.05, 4.69) is 15.6 Å². The van der Waals surface area contributed by atoms with Crippen LogP contribution in [0.2, 0.25) is 0 Å². The summed E-state index contributed by atoms with van der Waals surface area (Å²) in [6.07, 6.45) is 6.26. The first-order chi connectivity index (χ1) is 15.1. The number of likely N-dealkylation sites (tertiary alicyclic amines) is 2. The van der Waals surface area contributed by atoms with E-state index in [1.165, 1.54) is 0 Å². The lowest BCUT2D eigenvalue weighted by atomic mass is 10.1. The first-order valence-corrected chi connectivity index (χ1v) is 10.8. The van der Waals surface area contributed by atoms with Gasteiger partial charge < -0.3 is 19.9 Å². The largest absolute Gasteiger partial charge is 0.497 e. The van der Waals surface area contributed by atoms with Gasteiger partial charge in [0, 0.05) is 19.6 Å². The summed E-state index contributed by atoms with van der Waals surface area (Å²) in [4.78, 5) is 33.5. The van der Waals surface area contributed by atoms with Gasteiger partial charge in [-0.2, -0.15) is 5.26 Å². The first-order valence-electron chi connectivity index (χ1n) is 10.8. The standard InChI is InChI=1S/C22H30N6O3/c1-31-18-9-7-17(8-10-18)14-24-22(25-16-23)26-19-6-2-3-13-28(21(19)30)15-20(29)27-11-4-5-12-27/h7-10,19H,2-6,11-15H2,1H3,(H2,24,25,26). The molecule has 0 spiro atoms. The summed E-state index contributed by atoms with van der Waals surface area (Å²) < 4.78 is 5.15. The fourth-order valence-electron chi connectivity index (χ4n) is 3.87. The fraction of sp³-hybridized carbons (Fsp3) is 0.545. The van der Waals surface area contributed by atoms with Gasteiger partial charge in [0.2, 0.25) is 17.8 Å². The molecule has 2 heterocycles. The monoisotopic (exact) mass is 426 g/mol. The highest BCUT2D eigenvalue weighted by atomic mass is 16.5. The fourth-order valence-corrected chi connectivity index (χ4v) is 3.87. The van der Waals surface area contributed by atoms with E-state index in [0.29, 0.717) is 19.5 Å². The quantitative estimate of drug-likeness (QED) is 0.306. The molecular weight excluding hydrogens is 396 g/mol. The number of amides is 2. The van der Waals surface area contributed by atoms with Crippen LogP contribution in [-0.4, -0.2) is 66.9 Å². The summed E-state index contributed by atoms with van der Waals surface area (Å²) in [6.45, 7) is 2.58. The topological polar surface area (TPSA) is 110 Å². The van der Waals surface area contributed by atoms with Crippen LogP contribution in [0.4, 0.5) is 0 Å². The maximum Gasteiger partial charge on any atom is 0.245 e. The van der Waals surface area contributed by atoms with E-state index in [4.69, 9.17) is 10.00 Å². The molecule has 2 fully saturated rings. The number of benzene rings is 1. The minimum Gasteiger partial charge on any atom is -0.497 e. The number of hydrogen-bond acceptors (Lipinski definition) is 5. The lowest BCUT2D eigenvalue weighted by Crippen LogP contribution is -2.52. The number of guanidine groups is 1. The Balaban J connectivity index is 1.63. The van der Waals surface area contributed by atoms with Crippen LogP contribution in [0.3, 0.4) is 0 Å². The third kappa shape index (κ3) is 6.35. The molecule has 9 nitrogen and oxygen atoms in total. The molecule has 1 aromatic rings. The molecule has 2 aliphatic rings. The molecule has 2 saturated heterocycles. The summed E-state index contributed by atoms with van der Waals surface area (Å²) in [5, 5.41) is 14.7. The van der Waals surface area contributed by atoms with Crippen molar-refractivity contribution in [1.29, 1.82) is 5.26 Å². The van der Waals surface area contributed by atoms with Crippen LogP contribution in [0.25, 0.3) is 0 Å². The van der Waals surface area contributed by atoms with Gasteiger partial charge >= 0.3 is 0 Å². The zero-order chi connectivity index (χ0) is 22.1. The van der Waals surface area contributed by atoms with Crippen LogP contribution < -0.4 is 15.4 Å². The Kier molecular flexibility index (Phi) is 8.10. The summed E-state index contributed by atoms with van der Waals surface area (Å²) in [6, 6.07) is 6.97. The first kappa shape index (κ1) is 22.4. The van der Waals surface area contributed by atoms with Crippen molar-refractivity contribution >= 4 is 17.8 Å². The van der Waals surface area contributed by atoms with E-state index >= 15 is 0 Å². The summed E-state index contributed by atoms with van der Waals surface area (Å²) in [5.74, 6) is 0.898. The van der Waals surface area contributed by atoms with Crippen LogP contribution in [-0.2, 0) is 16.1 Å². The van der Waals surface area contributed by atoms with Crippen molar-refractivity contribution in [1.82, 2.24) is 20.4 Å². The zero-order valence-electron chi connectivity index (χ0n) is 18.0. The number of ether oxygens (including phenoxy) is 1. The van der Waals surface area contributed by atoms with Crippen molar-refractivity contribution in [3.63, 3.8) is 0 Å². The Morgan fingerprint density at radius 1 is 1.19 bits per heavy atom. The van der Waals surface area contributed by atoms with Crippen LogP contribution >= 0.6 is 0 Å². The highest BCUT2D eigenvalue weighted by Crippen LogP contribution is 2.15. The third-order valence-electron chi connectivity index (χ3n) is 5.63. The van der Waals surface area contributed by atoms with Crippen LogP contribution in [0.15, 0.2) is 29.3 Å². The molecule has 0 aliphatic carbocycles. The van der Waals surface area contributed by atoms with Gasteiger partial charge in [0.15, 0.2) is 6.19 Å². The molecule has 1 aromatic carbocycles. The zero-order valence-corrected chi connectivity index (χ0v) is 18.0. The average Bonchev–Trinajstić information content (AvgIpc) is 3.28. The van der Waals surface area contributed by atoms with Gasteiger partial charge in [0.05, 0.1) is 20.2 Å². The van der Waals surface area contributed by atoms with E-state index in [0.717, 1.165) is 50.1 Å². The van der Waals surface area contributed by atoms with Gasteiger partial charge in [-0.25, -0.2) is 4.99 Å². The van der Waals surface area contributed by atoms with Crippen molar-refractivity contribution in [3.8, 4) is 11.9 Å². The summed E-state index contributed by atoms with van der Waals surface area (Å²) >= 11 is 0. The number of nitrogens with zero attached hydrogens (tertiary/aromatic N) is 4. The van der Waals surface area contributed by atoms with Crippen LogP contribution in [0, 0.1) is 11.5 Å². The molecule has 166 valence electrons. The van der Waals surface area contributed by atoms with Gasteiger partial charge in [-0.15, -0.1) is 0 Å². The number of carbonyl (C=O) groups is 2. The maximum atomic E-state index is 13.1. The molecule has 2 N–H and O–H groups in total. The highest BCUT2D eigenvalue weighted by molar-refractivity contribution is 5.92. The predicted molar refractivity (Wildman–Crippen MR) is 116 cm³/mol. The lowest BCUT2D eigenvalue weighted by molar-refractivity contribution is -0.140. The Hall–Kier alpha value is -3.28. The van der Waals surface area contributed by atoms with Gasteiger partial charge in [0.25, 0.3) is 0 Å². The number of nitrogens with one attached hydrogen (secondary N) is 2. The Morgan fingerprint density at radius 3 is 2.58 bits per heavy atom. The predicted octanol–water partition coefficient (Wildman–Crippen LogP) is 1.21. The highest BCUT2D eigenvalue weighted by Gasteiger charge is 2.30. The second kappa shape index (κ2) is 11.2. The van der Waals surface area contributed by atoms with Crippen molar-refractivity contribution < 1.29 is 14.3 Å². The smallest absolute Gasteiger partial charge is 0.245 e. The van der Waals surface area contributed by atoms with Gasteiger partial charge in [-0.05, 0) is 49.8 Å². The van der Waals surface area contributed by atoms with Gasteiger partial charge in [0.1, 0.15) is 11.8 Å². The summed E-state index contributed by atoms with van der Waals surface area (Å²) in [7, 11) is 1.61. The number of nitriles is 1. The minimum absolute atomic E-state index is 0.00930. The molecule has 3 rings (SSSR count). The third-order valence-corrected chi connectivity index (χ3v) is 5.63. The molecule has 0 saturated carbocycles. The molecule has 0 bridgehead atoms. The SMILES string of the molecule is COc1ccc(CN=C(NC#N)NC2CCCCN(CC(=O)N3CCCC3)C2=O)cc1. The number of methoxy groups -OCH3 is 1. The van der Waals surface area contributed by atoms with E-state index < -0.39 is 6.04 Å². The summed E-state index contributed by atoms with van der Waals surface area (Å²) in [5.41, 5.74) is 0.949. The molecular formula is C22H30N6O3. The van der Waals surface area contributed by atoms with E-state index in [1.807, 2.05) is 35.4 Å². The molecule has 2 amide bonds. The number of rotatable bonds is 6.